The van der Waals surface area contributed by atoms with Gasteiger partial charge in [0.15, 0.2) is 0 Å². The third kappa shape index (κ3) is 3.07. The Labute approximate surface area is 121 Å². The van der Waals surface area contributed by atoms with Crippen molar-refractivity contribution < 1.29 is 4.79 Å². The van der Waals surface area contributed by atoms with Gasteiger partial charge in [-0.1, -0.05) is 39.7 Å². The molecule has 1 aliphatic rings. The molecule has 2 nitrogen and oxygen atoms in total. The van der Waals surface area contributed by atoms with E-state index >= 15 is 0 Å². The van der Waals surface area contributed by atoms with E-state index in [4.69, 9.17) is 11.6 Å². The zero-order chi connectivity index (χ0) is 13.0. The first kappa shape index (κ1) is 13.9. The van der Waals surface area contributed by atoms with Gasteiger partial charge in [0.1, 0.15) is 0 Å². The number of amides is 1. The topological polar surface area (TPSA) is 20.3 Å². The quantitative estimate of drug-likeness (QED) is 0.763. The third-order valence-electron chi connectivity index (χ3n) is 3.43. The van der Waals surface area contributed by atoms with E-state index < -0.39 is 0 Å². The highest BCUT2D eigenvalue weighted by atomic mass is 79.9. The van der Waals surface area contributed by atoms with Crippen LogP contribution in [0.5, 0.6) is 0 Å². The first-order valence-corrected chi connectivity index (χ1v) is 7.85. The van der Waals surface area contributed by atoms with Crippen LogP contribution in [-0.2, 0) is 0 Å². The average Bonchev–Trinajstić information content (AvgIpc) is 2.40. The SMILES string of the molecule is O=C(c1ccccc1Cl)N1CCCCC1CCBr. The minimum absolute atomic E-state index is 0.0752. The molecule has 1 amide bonds. The maximum atomic E-state index is 12.5. The van der Waals surface area contributed by atoms with Crippen LogP contribution < -0.4 is 0 Å². The second kappa shape index (κ2) is 6.58. The standard InChI is InChI=1S/C14H17BrClNO/c15-9-8-11-5-3-4-10-17(11)14(18)12-6-1-2-7-13(12)16/h1-2,6-7,11H,3-5,8-10H2. The van der Waals surface area contributed by atoms with Crippen LogP contribution in [0.25, 0.3) is 0 Å². The maximum absolute atomic E-state index is 12.5. The van der Waals surface area contributed by atoms with Gasteiger partial charge in [0.25, 0.3) is 5.91 Å². The Hall–Kier alpha value is -0.540. The van der Waals surface area contributed by atoms with Crippen LogP contribution in [0.4, 0.5) is 0 Å². The van der Waals surface area contributed by atoms with Gasteiger partial charge in [0.2, 0.25) is 0 Å². The molecule has 0 radical (unpaired) electrons. The van der Waals surface area contributed by atoms with Crippen molar-refractivity contribution >= 4 is 33.4 Å². The molecule has 0 aliphatic carbocycles. The van der Waals surface area contributed by atoms with Crippen LogP contribution in [0.3, 0.4) is 0 Å². The highest BCUT2D eigenvalue weighted by molar-refractivity contribution is 9.09. The number of piperidine rings is 1. The molecule has 1 fully saturated rings. The fraction of sp³-hybridized carbons (Fsp3) is 0.500. The molecule has 0 aromatic heterocycles. The molecular formula is C14H17BrClNO. The molecule has 1 heterocycles. The van der Waals surface area contributed by atoms with Gasteiger partial charge in [-0.25, -0.2) is 0 Å². The molecule has 4 heteroatoms. The number of benzene rings is 1. The molecule has 2 rings (SSSR count). The van der Waals surface area contributed by atoms with E-state index in [2.05, 4.69) is 15.9 Å². The van der Waals surface area contributed by atoms with Gasteiger partial charge in [-0.3, -0.25) is 4.79 Å². The van der Waals surface area contributed by atoms with Crippen LogP contribution in [0.2, 0.25) is 5.02 Å². The molecule has 18 heavy (non-hydrogen) atoms. The van der Waals surface area contributed by atoms with Crippen molar-refractivity contribution in [2.75, 3.05) is 11.9 Å². The summed E-state index contributed by atoms with van der Waals surface area (Å²) in [4.78, 5) is 14.5. The van der Waals surface area contributed by atoms with Gasteiger partial charge < -0.3 is 4.90 Å². The lowest BCUT2D eigenvalue weighted by molar-refractivity contribution is 0.0610. The summed E-state index contributed by atoms with van der Waals surface area (Å²) in [5.74, 6) is 0.0752. The Morgan fingerprint density at radius 3 is 2.89 bits per heavy atom. The van der Waals surface area contributed by atoms with E-state index in [0.29, 0.717) is 16.6 Å². The Morgan fingerprint density at radius 1 is 1.39 bits per heavy atom. The van der Waals surface area contributed by atoms with E-state index in [1.54, 1.807) is 6.07 Å². The Morgan fingerprint density at radius 2 is 2.17 bits per heavy atom. The molecule has 1 aliphatic heterocycles. The largest absolute Gasteiger partial charge is 0.336 e. The summed E-state index contributed by atoms with van der Waals surface area (Å²) < 4.78 is 0. The molecule has 1 aromatic carbocycles. The molecule has 1 aromatic rings. The van der Waals surface area contributed by atoms with Crippen molar-refractivity contribution in [3.8, 4) is 0 Å². The van der Waals surface area contributed by atoms with Crippen LogP contribution in [0, 0.1) is 0 Å². The highest BCUT2D eigenvalue weighted by Crippen LogP contribution is 2.25. The van der Waals surface area contributed by atoms with Gasteiger partial charge in [-0.2, -0.15) is 0 Å². The normalized spacial score (nSPS) is 19.9. The molecule has 0 spiro atoms. The van der Waals surface area contributed by atoms with Gasteiger partial charge in [0.05, 0.1) is 10.6 Å². The van der Waals surface area contributed by atoms with Crippen LogP contribution in [0.1, 0.15) is 36.0 Å². The lowest BCUT2D eigenvalue weighted by Gasteiger charge is -2.35. The van der Waals surface area contributed by atoms with E-state index in [0.717, 1.165) is 31.1 Å². The van der Waals surface area contributed by atoms with E-state index in [1.165, 1.54) is 6.42 Å². The first-order valence-electron chi connectivity index (χ1n) is 6.35. The van der Waals surface area contributed by atoms with E-state index in [9.17, 15) is 4.79 Å². The summed E-state index contributed by atoms with van der Waals surface area (Å²) in [5.41, 5.74) is 0.626. The lowest BCUT2D eigenvalue weighted by atomic mass is 9.99. The highest BCUT2D eigenvalue weighted by Gasteiger charge is 2.27. The Kier molecular flexibility index (Phi) is 5.07. The maximum Gasteiger partial charge on any atom is 0.255 e. The van der Waals surface area contributed by atoms with Crippen molar-refractivity contribution in [3.63, 3.8) is 0 Å². The van der Waals surface area contributed by atoms with Crippen LogP contribution >= 0.6 is 27.5 Å². The molecule has 0 bridgehead atoms. The number of nitrogens with zero attached hydrogens (tertiary/aromatic N) is 1. The number of carbonyl (C=O) groups excluding carboxylic acids is 1. The minimum atomic E-state index is 0.0752. The van der Waals surface area contributed by atoms with Crippen molar-refractivity contribution in [3.05, 3.63) is 34.9 Å². The van der Waals surface area contributed by atoms with E-state index in [1.807, 2.05) is 23.1 Å². The molecule has 0 N–H and O–H groups in total. The van der Waals surface area contributed by atoms with E-state index in [-0.39, 0.29) is 5.91 Å². The zero-order valence-corrected chi connectivity index (χ0v) is 12.6. The van der Waals surface area contributed by atoms with Gasteiger partial charge in [-0.15, -0.1) is 0 Å². The smallest absolute Gasteiger partial charge is 0.255 e. The number of hydrogen-bond acceptors (Lipinski definition) is 1. The number of carbonyl (C=O) groups is 1. The van der Waals surface area contributed by atoms with Crippen LogP contribution in [0.15, 0.2) is 24.3 Å². The zero-order valence-electron chi connectivity index (χ0n) is 10.2. The fourth-order valence-corrected chi connectivity index (χ4v) is 3.23. The summed E-state index contributed by atoms with van der Waals surface area (Å²) in [6.45, 7) is 0.849. The predicted molar refractivity (Wildman–Crippen MR) is 78.5 cm³/mol. The summed E-state index contributed by atoms with van der Waals surface area (Å²) in [6.07, 6.45) is 4.41. The molecule has 1 unspecified atom stereocenters. The van der Waals surface area contributed by atoms with Crippen molar-refractivity contribution in [2.45, 2.75) is 31.7 Å². The fourth-order valence-electron chi connectivity index (χ4n) is 2.48. The van der Waals surface area contributed by atoms with Crippen molar-refractivity contribution in [1.82, 2.24) is 4.90 Å². The molecule has 0 saturated carbocycles. The average molecular weight is 331 g/mol. The summed E-state index contributed by atoms with van der Waals surface area (Å²) >= 11 is 9.57. The van der Waals surface area contributed by atoms with Gasteiger partial charge in [-0.05, 0) is 37.8 Å². The number of rotatable bonds is 3. The monoisotopic (exact) mass is 329 g/mol. The third-order valence-corrected chi connectivity index (χ3v) is 4.22. The minimum Gasteiger partial charge on any atom is -0.336 e. The Balaban J connectivity index is 2.18. The Bertz CT molecular complexity index is 422. The summed E-state index contributed by atoms with van der Waals surface area (Å²) in [6, 6.07) is 7.65. The number of hydrogen-bond donors (Lipinski definition) is 0. The first-order chi connectivity index (χ1) is 8.74. The second-order valence-electron chi connectivity index (χ2n) is 4.61. The molecule has 1 atom stereocenters. The number of likely N-dealkylation sites (tertiary alicyclic amines) is 1. The van der Waals surface area contributed by atoms with Crippen molar-refractivity contribution in [1.29, 1.82) is 0 Å². The van der Waals surface area contributed by atoms with Crippen molar-refractivity contribution in [2.24, 2.45) is 0 Å². The molecular weight excluding hydrogens is 314 g/mol. The van der Waals surface area contributed by atoms with Gasteiger partial charge >= 0.3 is 0 Å². The predicted octanol–water partition coefficient (Wildman–Crippen LogP) is 4.12. The van der Waals surface area contributed by atoms with Crippen LogP contribution in [-0.4, -0.2) is 28.7 Å². The molecule has 98 valence electrons. The number of alkyl halides is 1. The molecule has 1 saturated heterocycles. The summed E-state index contributed by atoms with van der Waals surface area (Å²) in [5, 5.41) is 1.48. The lowest BCUT2D eigenvalue weighted by Crippen LogP contribution is -2.44. The second-order valence-corrected chi connectivity index (χ2v) is 5.81. The number of halogens is 2. The summed E-state index contributed by atoms with van der Waals surface area (Å²) in [7, 11) is 0. The van der Waals surface area contributed by atoms with Gasteiger partial charge in [0, 0.05) is 17.9 Å².